The summed E-state index contributed by atoms with van der Waals surface area (Å²) in [7, 11) is 0. The number of hydrogen-bond acceptors (Lipinski definition) is 3. The number of carboxylic acid groups (broad SMARTS) is 1. The van der Waals surface area contributed by atoms with Crippen molar-refractivity contribution in [1.82, 2.24) is 14.7 Å². The van der Waals surface area contributed by atoms with Crippen molar-refractivity contribution in [1.29, 1.82) is 0 Å². The van der Waals surface area contributed by atoms with Crippen LogP contribution in [-0.2, 0) is 11.3 Å². The summed E-state index contributed by atoms with van der Waals surface area (Å²) in [5.74, 6) is -0.735. The average Bonchev–Trinajstić information content (AvgIpc) is 2.87. The maximum absolute atomic E-state index is 11.5. The largest absolute Gasteiger partial charge is 0.481 e. The third-order valence-corrected chi connectivity index (χ3v) is 4.84. The summed E-state index contributed by atoms with van der Waals surface area (Å²) < 4.78 is 3.03. The zero-order valence-electron chi connectivity index (χ0n) is 13.2. The predicted molar refractivity (Wildman–Crippen MR) is 90.0 cm³/mol. The maximum atomic E-state index is 11.5. The first-order valence-electron chi connectivity index (χ1n) is 7.49. The summed E-state index contributed by atoms with van der Waals surface area (Å²) in [4.78, 5) is 15.9. The first-order valence-corrected chi connectivity index (χ1v) is 8.29. The highest BCUT2D eigenvalue weighted by molar-refractivity contribution is 9.10. The molecule has 6 heteroatoms. The molecule has 0 spiro atoms. The van der Waals surface area contributed by atoms with Gasteiger partial charge in [-0.1, -0.05) is 13.8 Å². The number of rotatable bonds is 7. The van der Waals surface area contributed by atoms with Gasteiger partial charge in [0.25, 0.3) is 0 Å². The van der Waals surface area contributed by atoms with Crippen molar-refractivity contribution in [3.63, 3.8) is 0 Å². The quantitative estimate of drug-likeness (QED) is 0.786. The van der Waals surface area contributed by atoms with Crippen molar-refractivity contribution in [3.05, 3.63) is 34.2 Å². The molecule has 0 aliphatic carbocycles. The van der Waals surface area contributed by atoms with E-state index in [0.29, 0.717) is 25.9 Å². The van der Waals surface area contributed by atoms with Gasteiger partial charge in [-0.2, -0.15) is 0 Å². The summed E-state index contributed by atoms with van der Waals surface area (Å²) >= 11 is 3.50. The molecular formula is C16H22BrN3O2. The highest BCUT2D eigenvalue weighted by Crippen LogP contribution is 2.26. The summed E-state index contributed by atoms with van der Waals surface area (Å²) in [5.41, 5.74) is 2.35. The Bertz CT molecular complexity index is 677. The standard InChI is InChI=1S/C16H22BrN3O2/c1-4-16(5-2,15(21)22)10-18-7-13-8-19-14-11(3)6-12(17)9-20(13)14/h6,8-9,18H,4-5,7,10H2,1-3H3,(H,21,22). The monoisotopic (exact) mass is 367 g/mol. The molecule has 0 atom stereocenters. The van der Waals surface area contributed by atoms with Crippen LogP contribution in [0.25, 0.3) is 5.65 Å². The highest BCUT2D eigenvalue weighted by Gasteiger charge is 2.34. The van der Waals surface area contributed by atoms with Gasteiger partial charge in [0.05, 0.1) is 17.3 Å². The normalized spacial score (nSPS) is 12.0. The number of nitrogens with zero attached hydrogens (tertiary/aromatic N) is 2. The number of nitrogens with one attached hydrogen (secondary N) is 1. The van der Waals surface area contributed by atoms with Crippen LogP contribution in [0.5, 0.6) is 0 Å². The highest BCUT2D eigenvalue weighted by atomic mass is 79.9. The first kappa shape index (κ1) is 17.0. The molecule has 0 saturated heterocycles. The van der Waals surface area contributed by atoms with Crippen molar-refractivity contribution in [2.45, 2.75) is 40.2 Å². The Hall–Kier alpha value is -1.40. The molecule has 22 heavy (non-hydrogen) atoms. The summed E-state index contributed by atoms with van der Waals surface area (Å²) in [6.45, 7) is 6.91. The van der Waals surface area contributed by atoms with Gasteiger partial charge < -0.3 is 14.8 Å². The van der Waals surface area contributed by atoms with Gasteiger partial charge in [0.1, 0.15) is 5.65 Å². The number of aromatic nitrogens is 2. The fraction of sp³-hybridized carbons (Fsp3) is 0.500. The lowest BCUT2D eigenvalue weighted by atomic mass is 9.82. The third kappa shape index (κ3) is 3.17. The third-order valence-electron chi connectivity index (χ3n) is 4.41. The van der Waals surface area contributed by atoms with Gasteiger partial charge >= 0.3 is 5.97 Å². The van der Waals surface area contributed by atoms with E-state index in [1.807, 2.05) is 43.6 Å². The molecule has 0 bridgehead atoms. The van der Waals surface area contributed by atoms with Gasteiger partial charge in [-0.05, 0) is 47.3 Å². The minimum Gasteiger partial charge on any atom is -0.481 e. The van der Waals surface area contributed by atoms with Crippen LogP contribution in [0.3, 0.4) is 0 Å². The second-order valence-corrected chi connectivity index (χ2v) is 6.60. The number of pyridine rings is 1. The van der Waals surface area contributed by atoms with E-state index < -0.39 is 11.4 Å². The Labute approximate surface area is 138 Å². The molecule has 2 rings (SSSR count). The van der Waals surface area contributed by atoms with E-state index in [4.69, 9.17) is 0 Å². The van der Waals surface area contributed by atoms with E-state index >= 15 is 0 Å². The lowest BCUT2D eigenvalue weighted by Crippen LogP contribution is -2.40. The summed E-state index contributed by atoms with van der Waals surface area (Å²) in [6, 6.07) is 2.03. The number of aryl methyl sites for hydroxylation is 1. The number of halogens is 1. The van der Waals surface area contributed by atoms with Gasteiger partial charge in [-0.15, -0.1) is 0 Å². The van der Waals surface area contributed by atoms with Crippen molar-refractivity contribution in [2.75, 3.05) is 6.54 Å². The molecule has 2 N–H and O–H groups in total. The zero-order valence-corrected chi connectivity index (χ0v) is 14.8. The molecule has 0 unspecified atom stereocenters. The number of aliphatic carboxylic acids is 1. The predicted octanol–water partition coefficient (Wildman–Crippen LogP) is 3.39. The Balaban J connectivity index is 2.14. The number of hydrogen-bond donors (Lipinski definition) is 2. The van der Waals surface area contributed by atoms with E-state index in [2.05, 4.69) is 26.2 Å². The Kier molecular flexibility index (Phi) is 5.24. The molecule has 0 radical (unpaired) electrons. The topological polar surface area (TPSA) is 66.6 Å². The number of carbonyl (C=O) groups is 1. The van der Waals surface area contributed by atoms with E-state index in [1.165, 1.54) is 0 Å². The van der Waals surface area contributed by atoms with Gasteiger partial charge in [-0.25, -0.2) is 4.98 Å². The Morgan fingerprint density at radius 3 is 2.73 bits per heavy atom. The number of carboxylic acids is 1. The van der Waals surface area contributed by atoms with Crippen molar-refractivity contribution in [3.8, 4) is 0 Å². The van der Waals surface area contributed by atoms with E-state index in [0.717, 1.165) is 21.4 Å². The average molecular weight is 368 g/mol. The summed E-state index contributed by atoms with van der Waals surface area (Å²) in [5, 5.41) is 12.7. The van der Waals surface area contributed by atoms with Crippen LogP contribution < -0.4 is 5.32 Å². The van der Waals surface area contributed by atoms with Crippen molar-refractivity contribution < 1.29 is 9.90 Å². The van der Waals surface area contributed by atoms with Gasteiger partial charge in [0, 0.05) is 23.8 Å². The molecule has 0 aliphatic heterocycles. The second-order valence-electron chi connectivity index (χ2n) is 5.68. The molecule has 0 amide bonds. The molecule has 0 aromatic carbocycles. The Morgan fingerprint density at radius 2 is 2.14 bits per heavy atom. The molecule has 2 heterocycles. The zero-order chi connectivity index (χ0) is 16.3. The smallest absolute Gasteiger partial charge is 0.310 e. The Morgan fingerprint density at radius 1 is 1.45 bits per heavy atom. The van der Waals surface area contributed by atoms with E-state index in [9.17, 15) is 9.90 Å². The van der Waals surface area contributed by atoms with Crippen LogP contribution in [0.15, 0.2) is 22.9 Å². The summed E-state index contributed by atoms with van der Waals surface area (Å²) in [6.07, 6.45) is 5.05. The minimum absolute atomic E-state index is 0.454. The van der Waals surface area contributed by atoms with Crippen molar-refractivity contribution in [2.24, 2.45) is 5.41 Å². The van der Waals surface area contributed by atoms with Crippen LogP contribution in [0.1, 0.15) is 37.9 Å². The van der Waals surface area contributed by atoms with E-state index in [1.54, 1.807) is 0 Å². The maximum Gasteiger partial charge on any atom is 0.310 e. The fourth-order valence-corrected chi connectivity index (χ4v) is 3.25. The lowest BCUT2D eigenvalue weighted by molar-refractivity contribution is -0.149. The number of fused-ring (bicyclic) bond motifs is 1. The van der Waals surface area contributed by atoms with Gasteiger partial charge in [-0.3, -0.25) is 4.79 Å². The van der Waals surface area contributed by atoms with Crippen LogP contribution in [-0.4, -0.2) is 27.0 Å². The number of imidazole rings is 1. The lowest BCUT2D eigenvalue weighted by Gasteiger charge is -2.26. The van der Waals surface area contributed by atoms with Gasteiger partial charge in [0.2, 0.25) is 0 Å². The molecule has 120 valence electrons. The second kappa shape index (κ2) is 6.79. The van der Waals surface area contributed by atoms with Crippen LogP contribution in [0.2, 0.25) is 0 Å². The molecule has 2 aromatic rings. The SMILES string of the molecule is CCC(CC)(CNCc1cnc2c(C)cc(Br)cn12)C(=O)O. The molecule has 0 saturated carbocycles. The van der Waals surface area contributed by atoms with Crippen LogP contribution >= 0.6 is 15.9 Å². The van der Waals surface area contributed by atoms with Crippen LogP contribution in [0.4, 0.5) is 0 Å². The molecular weight excluding hydrogens is 346 g/mol. The molecule has 2 aromatic heterocycles. The van der Waals surface area contributed by atoms with E-state index in [-0.39, 0.29) is 0 Å². The van der Waals surface area contributed by atoms with Crippen molar-refractivity contribution >= 4 is 27.5 Å². The fourth-order valence-electron chi connectivity index (χ4n) is 2.70. The first-order chi connectivity index (χ1) is 10.4. The molecule has 0 fully saturated rings. The van der Waals surface area contributed by atoms with Gasteiger partial charge in [0.15, 0.2) is 0 Å². The molecule has 5 nitrogen and oxygen atoms in total. The minimum atomic E-state index is -0.735. The molecule has 0 aliphatic rings. The van der Waals surface area contributed by atoms with Crippen LogP contribution in [0, 0.1) is 12.3 Å².